The number of amides is 1. The molecule has 2 heterocycles. The van der Waals surface area contributed by atoms with Gasteiger partial charge in [0.2, 0.25) is 0 Å². The Morgan fingerprint density at radius 2 is 1.95 bits per heavy atom. The van der Waals surface area contributed by atoms with Crippen LogP contribution in [0.15, 0.2) is 0 Å². The molecule has 1 saturated carbocycles. The Bertz CT molecular complexity index is 417. The molecule has 21 heavy (non-hydrogen) atoms. The van der Waals surface area contributed by atoms with Crippen molar-refractivity contribution in [2.75, 3.05) is 6.61 Å². The van der Waals surface area contributed by atoms with E-state index in [-0.39, 0.29) is 18.6 Å². The van der Waals surface area contributed by atoms with Gasteiger partial charge in [0.25, 0.3) is 0 Å². The van der Waals surface area contributed by atoms with Gasteiger partial charge in [0.1, 0.15) is 11.6 Å². The molecule has 3 rings (SSSR count). The molecule has 2 saturated heterocycles. The summed E-state index contributed by atoms with van der Waals surface area (Å²) in [6.07, 6.45) is 0.963. The number of carbonyl (C=O) groups is 2. The number of hydrogen-bond donors (Lipinski definition) is 1. The predicted octanol–water partition coefficient (Wildman–Crippen LogP) is 1.70. The summed E-state index contributed by atoms with van der Waals surface area (Å²) in [5.41, 5.74) is -0.619. The van der Waals surface area contributed by atoms with Crippen LogP contribution in [-0.2, 0) is 14.3 Å². The second-order valence-corrected chi connectivity index (χ2v) is 6.78. The first-order valence-corrected chi connectivity index (χ1v) is 7.60. The summed E-state index contributed by atoms with van der Waals surface area (Å²) >= 11 is 0. The number of rotatable bonds is 2. The summed E-state index contributed by atoms with van der Waals surface area (Å²) in [5.74, 6) is -0.710. The molecule has 120 valence electrons. The van der Waals surface area contributed by atoms with E-state index in [9.17, 15) is 14.7 Å². The largest absolute Gasteiger partial charge is 0.464 e. The third kappa shape index (κ3) is 3.31. The number of hydrogen-bond acceptors (Lipinski definition) is 5. The van der Waals surface area contributed by atoms with Gasteiger partial charge in [0.05, 0.1) is 12.7 Å². The number of fused-ring (bicyclic) bond motifs is 3. The number of esters is 1. The average molecular weight is 299 g/mol. The van der Waals surface area contributed by atoms with Crippen molar-refractivity contribution in [3.8, 4) is 0 Å². The topological polar surface area (TPSA) is 76.1 Å². The van der Waals surface area contributed by atoms with Crippen LogP contribution in [0.25, 0.3) is 0 Å². The highest BCUT2D eigenvalue weighted by molar-refractivity contribution is 5.83. The van der Waals surface area contributed by atoms with Gasteiger partial charge in [-0.25, -0.2) is 9.59 Å². The number of piperidine rings is 2. The third-order valence-electron chi connectivity index (χ3n) is 4.07. The minimum atomic E-state index is -0.734. The van der Waals surface area contributed by atoms with Crippen LogP contribution in [0.1, 0.15) is 47.0 Å². The highest BCUT2D eigenvalue weighted by atomic mass is 16.6. The lowest BCUT2D eigenvalue weighted by atomic mass is 9.73. The van der Waals surface area contributed by atoms with Gasteiger partial charge >= 0.3 is 12.1 Å². The van der Waals surface area contributed by atoms with E-state index in [0.29, 0.717) is 6.42 Å². The summed E-state index contributed by atoms with van der Waals surface area (Å²) in [6, 6.07) is -0.892. The molecular weight excluding hydrogens is 274 g/mol. The molecule has 4 atom stereocenters. The highest BCUT2D eigenvalue weighted by Gasteiger charge is 2.53. The van der Waals surface area contributed by atoms with E-state index in [2.05, 4.69) is 0 Å². The molecule has 1 aliphatic carbocycles. The standard InChI is InChI=1S/C15H25NO5/c1-5-20-13(18)12-10-7-6-9(8-11(10)17)16(12)14(19)21-15(2,3)4/h9-12,17H,5-8H2,1-4H3/t9-,10-,11+,12+/m1/s1. The van der Waals surface area contributed by atoms with E-state index >= 15 is 0 Å². The Morgan fingerprint density at radius 3 is 2.48 bits per heavy atom. The molecule has 6 nitrogen and oxygen atoms in total. The van der Waals surface area contributed by atoms with E-state index in [1.165, 1.54) is 4.90 Å². The van der Waals surface area contributed by atoms with Gasteiger partial charge < -0.3 is 14.6 Å². The summed E-state index contributed by atoms with van der Waals surface area (Å²) in [7, 11) is 0. The molecule has 1 amide bonds. The van der Waals surface area contributed by atoms with Crippen LogP contribution < -0.4 is 0 Å². The zero-order valence-electron chi connectivity index (χ0n) is 13.2. The molecule has 0 aromatic carbocycles. The molecule has 2 aliphatic heterocycles. The maximum Gasteiger partial charge on any atom is 0.411 e. The predicted molar refractivity (Wildman–Crippen MR) is 75.6 cm³/mol. The van der Waals surface area contributed by atoms with Crippen LogP contribution in [-0.4, -0.2) is 52.5 Å². The summed E-state index contributed by atoms with van der Waals surface area (Å²) in [5, 5.41) is 10.1. The van der Waals surface area contributed by atoms with Crippen LogP contribution in [0, 0.1) is 5.92 Å². The van der Waals surface area contributed by atoms with Crippen molar-refractivity contribution in [2.45, 2.75) is 70.7 Å². The Morgan fingerprint density at radius 1 is 1.29 bits per heavy atom. The van der Waals surface area contributed by atoms with Crippen molar-refractivity contribution in [3.63, 3.8) is 0 Å². The fourth-order valence-electron chi connectivity index (χ4n) is 3.30. The van der Waals surface area contributed by atoms with Gasteiger partial charge in [-0.15, -0.1) is 0 Å². The Hall–Kier alpha value is -1.30. The van der Waals surface area contributed by atoms with Gasteiger partial charge in [0, 0.05) is 12.0 Å². The molecule has 0 spiro atoms. The maximum absolute atomic E-state index is 12.4. The minimum absolute atomic E-state index is 0.158. The summed E-state index contributed by atoms with van der Waals surface area (Å²) in [4.78, 5) is 26.2. The molecule has 0 aromatic heterocycles. The third-order valence-corrected chi connectivity index (χ3v) is 4.07. The number of aliphatic hydroxyl groups is 1. The van der Waals surface area contributed by atoms with E-state index in [1.807, 2.05) is 0 Å². The lowest BCUT2D eigenvalue weighted by molar-refractivity contribution is -0.165. The Balaban J connectivity index is 2.23. The lowest BCUT2D eigenvalue weighted by Crippen LogP contribution is -2.65. The molecule has 3 fully saturated rings. The fourth-order valence-corrected chi connectivity index (χ4v) is 3.30. The Labute approximate surface area is 125 Å². The number of carbonyl (C=O) groups excluding carboxylic acids is 2. The quantitative estimate of drug-likeness (QED) is 0.785. The Kier molecular flexibility index (Phi) is 4.46. The van der Waals surface area contributed by atoms with Gasteiger partial charge in [-0.2, -0.15) is 0 Å². The highest BCUT2D eigenvalue weighted by Crippen LogP contribution is 2.41. The van der Waals surface area contributed by atoms with Crippen LogP contribution in [0.4, 0.5) is 4.79 Å². The molecule has 0 radical (unpaired) electrons. The molecular formula is C15H25NO5. The lowest BCUT2D eigenvalue weighted by Gasteiger charge is -2.51. The van der Waals surface area contributed by atoms with E-state index in [1.54, 1.807) is 27.7 Å². The molecule has 1 N–H and O–H groups in total. The molecule has 0 aromatic rings. The zero-order chi connectivity index (χ0) is 15.8. The van der Waals surface area contributed by atoms with E-state index in [0.717, 1.165) is 12.8 Å². The smallest absolute Gasteiger partial charge is 0.411 e. The first kappa shape index (κ1) is 16.1. The second kappa shape index (κ2) is 5.83. The fraction of sp³-hybridized carbons (Fsp3) is 0.867. The van der Waals surface area contributed by atoms with Crippen molar-refractivity contribution in [3.05, 3.63) is 0 Å². The molecule has 2 bridgehead atoms. The summed E-state index contributed by atoms with van der Waals surface area (Å²) < 4.78 is 10.5. The number of ether oxygens (including phenoxy) is 2. The van der Waals surface area contributed by atoms with Crippen molar-refractivity contribution in [1.82, 2.24) is 4.90 Å². The number of aliphatic hydroxyl groups excluding tert-OH is 1. The van der Waals surface area contributed by atoms with E-state index in [4.69, 9.17) is 9.47 Å². The van der Waals surface area contributed by atoms with Crippen LogP contribution >= 0.6 is 0 Å². The van der Waals surface area contributed by atoms with Gasteiger partial charge in [-0.05, 0) is 47.0 Å². The van der Waals surface area contributed by atoms with Gasteiger partial charge in [-0.1, -0.05) is 0 Å². The first-order valence-electron chi connectivity index (χ1n) is 7.60. The van der Waals surface area contributed by atoms with Crippen molar-refractivity contribution in [1.29, 1.82) is 0 Å². The molecule has 6 heteroatoms. The maximum atomic E-state index is 12.4. The molecule has 0 unspecified atom stereocenters. The van der Waals surface area contributed by atoms with Gasteiger partial charge in [-0.3, -0.25) is 4.90 Å². The average Bonchev–Trinajstić information content (AvgIpc) is 2.36. The van der Waals surface area contributed by atoms with Crippen molar-refractivity contribution < 1.29 is 24.2 Å². The van der Waals surface area contributed by atoms with Crippen LogP contribution in [0.3, 0.4) is 0 Å². The second-order valence-electron chi connectivity index (χ2n) is 6.78. The first-order chi connectivity index (χ1) is 9.74. The van der Waals surface area contributed by atoms with Crippen LogP contribution in [0.5, 0.6) is 0 Å². The number of nitrogens with zero attached hydrogens (tertiary/aromatic N) is 1. The van der Waals surface area contributed by atoms with Crippen molar-refractivity contribution >= 4 is 12.1 Å². The zero-order valence-corrected chi connectivity index (χ0v) is 13.2. The molecule has 3 aliphatic rings. The van der Waals surface area contributed by atoms with Crippen LogP contribution in [0.2, 0.25) is 0 Å². The van der Waals surface area contributed by atoms with Crippen molar-refractivity contribution in [2.24, 2.45) is 5.92 Å². The van der Waals surface area contributed by atoms with Gasteiger partial charge in [0.15, 0.2) is 0 Å². The summed E-state index contributed by atoms with van der Waals surface area (Å²) in [6.45, 7) is 7.36. The normalized spacial score (nSPS) is 32.0. The monoisotopic (exact) mass is 299 g/mol. The van der Waals surface area contributed by atoms with E-state index < -0.39 is 29.8 Å². The minimum Gasteiger partial charge on any atom is -0.464 e. The SMILES string of the molecule is CCOC(=O)[C@@H]1[C@@H]2CC[C@H](C[C@@H]2O)N1C(=O)OC(C)(C)C.